The van der Waals surface area contributed by atoms with Crippen molar-refractivity contribution in [3.63, 3.8) is 0 Å². The maximum absolute atomic E-state index is 12.6. The molecule has 0 atom stereocenters. The summed E-state index contributed by atoms with van der Waals surface area (Å²) in [6.07, 6.45) is 3.70. The molecular weight excluding hydrogens is 404 g/mol. The topological polar surface area (TPSA) is 84.9 Å². The Balaban J connectivity index is 1.51. The lowest BCUT2D eigenvalue weighted by Gasteiger charge is -2.28. The Hall–Kier alpha value is -2.84. The minimum Gasteiger partial charge on any atom is -0.493 e. The normalized spacial score (nSPS) is 14.3. The van der Waals surface area contributed by atoms with E-state index in [1.807, 2.05) is 24.3 Å². The average molecular weight is 431 g/mol. The van der Waals surface area contributed by atoms with Crippen molar-refractivity contribution in [2.75, 3.05) is 33.1 Å². The van der Waals surface area contributed by atoms with E-state index in [1.165, 1.54) is 15.9 Å². The van der Waals surface area contributed by atoms with Gasteiger partial charge < -0.3 is 14.8 Å². The second-order valence-corrected chi connectivity index (χ2v) is 9.00. The van der Waals surface area contributed by atoms with E-state index in [0.717, 1.165) is 11.1 Å². The monoisotopic (exact) mass is 430 g/mol. The number of amides is 1. The third-order valence-corrected chi connectivity index (χ3v) is 6.80. The van der Waals surface area contributed by atoms with Crippen LogP contribution in [0.15, 0.2) is 48.5 Å². The van der Waals surface area contributed by atoms with Crippen molar-refractivity contribution in [1.29, 1.82) is 0 Å². The van der Waals surface area contributed by atoms with Gasteiger partial charge in [0.1, 0.15) is 0 Å². The number of methoxy groups -OCH3 is 2. The molecule has 7 nitrogen and oxygen atoms in total. The van der Waals surface area contributed by atoms with E-state index < -0.39 is 10.0 Å². The third-order valence-electron chi connectivity index (χ3n) is 4.98. The van der Waals surface area contributed by atoms with Crippen LogP contribution in [0.5, 0.6) is 11.5 Å². The molecule has 0 aliphatic carbocycles. The zero-order valence-electron chi connectivity index (χ0n) is 17.1. The number of rotatable bonds is 8. The molecule has 0 spiro atoms. The standard InChI is InChI=1S/C22H26N2O5S/c1-28-20-9-7-17(15-21(20)29-2)8-10-22(25)23-12-14-30(26,27)24-13-11-18-5-3-4-6-19(18)16-24/h3-10,15H,11-14,16H2,1-2H3,(H,23,25). The Bertz CT molecular complexity index is 1030. The van der Waals surface area contributed by atoms with Crippen LogP contribution in [0.4, 0.5) is 0 Å². The number of ether oxygens (including phenoxy) is 2. The van der Waals surface area contributed by atoms with Crippen LogP contribution in [0.2, 0.25) is 0 Å². The maximum Gasteiger partial charge on any atom is 0.244 e. The molecule has 0 saturated heterocycles. The largest absolute Gasteiger partial charge is 0.493 e. The van der Waals surface area contributed by atoms with Gasteiger partial charge in [-0.15, -0.1) is 0 Å². The number of nitrogens with one attached hydrogen (secondary N) is 1. The van der Waals surface area contributed by atoms with Gasteiger partial charge >= 0.3 is 0 Å². The number of benzene rings is 2. The molecule has 8 heteroatoms. The van der Waals surface area contributed by atoms with Gasteiger partial charge in [0.2, 0.25) is 15.9 Å². The fourth-order valence-corrected chi connectivity index (χ4v) is 4.65. The average Bonchev–Trinajstić information content (AvgIpc) is 2.77. The number of sulfonamides is 1. The molecule has 1 aliphatic rings. The fraction of sp³-hybridized carbons (Fsp3) is 0.318. The predicted molar refractivity (Wildman–Crippen MR) is 116 cm³/mol. The quantitative estimate of drug-likeness (QED) is 0.649. The molecule has 1 N–H and O–H groups in total. The highest BCUT2D eigenvalue weighted by Gasteiger charge is 2.26. The van der Waals surface area contributed by atoms with Crippen LogP contribution in [-0.2, 0) is 27.8 Å². The zero-order valence-corrected chi connectivity index (χ0v) is 17.9. The predicted octanol–water partition coefficient (Wildman–Crippen LogP) is 2.22. The van der Waals surface area contributed by atoms with Crippen LogP contribution in [0.1, 0.15) is 16.7 Å². The molecule has 2 aromatic rings. The second-order valence-electron chi connectivity index (χ2n) is 6.91. The van der Waals surface area contributed by atoms with Gasteiger partial charge in [0, 0.05) is 25.7 Å². The molecule has 0 bridgehead atoms. The van der Waals surface area contributed by atoms with Gasteiger partial charge in [0.15, 0.2) is 11.5 Å². The molecule has 30 heavy (non-hydrogen) atoms. The highest BCUT2D eigenvalue weighted by molar-refractivity contribution is 7.89. The van der Waals surface area contributed by atoms with Crippen molar-refractivity contribution in [2.45, 2.75) is 13.0 Å². The zero-order chi connectivity index (χ0) is 21.6. The van der Waals surface area contributed by atoms with Crippen molar-refractivity contribution in [3.05, 3.63) is 65.2 Å². The molecular formula is C22H26N2O5S. The first-order chi connectivity index (χ1) is 14.4. The van der Waals surface area contributed by atoms with Crippen LogP contribution in [-0.4, -0.2) is 51.7 Å². The summed E-state index contributed by atoms with van der Waals surface area (Å²) in [5, 5.41) is 2.63. The Morgan fingerprint density at radius 2 is 1.83 bits per heavy atom. The van der Waals surface area contributed by atoms with Crippen molar-refractivity contribution in [3.8, 4) is 11.5 Å². The lowest BCUT2D eigenvalue weighted by molar-refractivity contribution is -0.116. The summed E-state index contributed by atoms with van der Waals surface area (Å²) in [5.74, 6) is 0.674. The maximum atomic E-state index is 12.6. The Labute approximate surface area is 177 Å². The van der Waals surface area contributed by atoms with Crippen molar-refractivity contribution in [1.82, 2.24) is 9.62 Å². The van der Waals surface area contributed by atoms with Gasteiger partial charge in [-0.25, -0.2) is 8.42 Å². The van der Waals surface area contributed by atoms with Gasteiger partial charge in [-0.2, -0.15) is 4.31 Å². The molecule has 1 aliphatic heterocycles. The van der Waals surface area contributed by atoms with Crippen LogP contribution in [0, 0.1) is 0 Å². The number of nitrogens with zero attached hydrogens (tertiary/aromatic N) is 1. The number of hydrogen-bond acceptors (Lipinski definition) is 5. The van der Waals surface area contributed by atoms with Gasteiger partial charge in [0.25, 0.3) is 0 Å². The van der Waals surface area contributed by atoms with Crippen molar-refractivity contribution in [2.24, 2.45) is 0 Å². The molecule has 1 heterocycles. The first kappa shape index (κ1) is 21.9. The Morgan fingerprint density at radius 1 is 1.10 bits per heavy atom. The minimum absolute atomic E-state index is 0.0512. The van der Waals surface area contributed by atoms with Crippen LogP contribution in [0.3, 0.4) is 0 Å². The molecule has 3 rings (SSSR count). The number of fused-ring (bicyclic) bond motifs is 1. The smallest absolute Gasteiger partial charge is 0.244 e. The number of hydrogen-bond donors (Lipinski definition) is 1. The van der Waals surface area contributed by atoms with E-state index in [9.17, 15) is 13.2 Å². The molecule has 0 unspecified atom stereocenters. The van der Waals surface area contributed by atoms with Crippen molar-refractivity contribution < 1.29 is 22.7 Å². The second kappa shape index (κ2) is 9.77. The summed E-state index contributed by atoms with van der Waals surface area (Å²) in [5.41, 5.74) is 2.99. The summed E-state index contributed by atoms with van der Waals surface area (Å²) in [6.45, 7) is 0.897. The lowest BCUT2D eigenvalue weighted by atomic mass is 10.0. The van der Waals surface area contributed by atoms with Gasteiger partial charge in [-0.3, -0.25) is 4.79 Å². The first-order valence-corrected chi connectivity index (χ1v) is 11.3. The van der Waals surface area contributed by atoms with Gasteiger partial charge in [-0.1, -0.05) is 30.3 Å². The van der Waals surface area contributed by atoms with Crippen molar-refractivity contribution >= 4 is 22.0 Å². The highest BCUT2D eigenvalue weighted by atomic mass is 32.2. The summed E-state index contributed by atoms with van der Waals surface area (Å²) in [4.78, 5) is 12.1. The van der Waals surface area contributed by atoms with E-state index in [2.05, 4.69) is 5.32 Å². The van der Waals surface area contributed by atoms with Gasteiger partial charge in [0.05, 0.1) is 20.0 Å². The number of carbonyl (C=O) groups is 1. The summed E-state index contributed by atoms with van der Waals surface area (Å²) < 4.78 is 37.1. The van der Waals surface area contributed by atoms with E-state index in [1.54, 1.807) is 38.5 Å². The minimum atomic E-state index is -3.44. The lowest BCUT2D eigenvalue weighted by Crippen LogP contribution is -2.40. The molecule has 0 saturated carbocycles. The third kappa shape index (κ3) is 5.40. The summed E-state index contributed by atoms with van der Waals surface area (Å²) >= 11 is 0. The van der Waals surface area contributed by atoms with Gasteiger partial charge in [-0.05, 0) is 41.3 Å². The molecule has 0 aromatic heterocycles. The SMILES string of the molecule is COc1ccc(C=CC(=O)NCCS(=O)(=O)N2CCc3ccccc3C2)cc1OC. The molecule has 2 aromatic carbocycles. The summed E-state index contributed by atoms with van der Waals surface area (Å²) in [6, 6.07) is 13.2. The van der Waals surface area contributed by atoms with E-state index in [4.69, 9.17) is 9.47 Å². The van der Waals surface area contributed by atoms with E-state index in [-0.39, 0.29) is 18.2 Å². The van der Waals surface area contributed by atoms with Crippen LogP contribution in [0.25, 0.3) is 6.08 Å². The summed E-state index contributed by atoms with van der Waals surface area (Å²) in [7, 11) is -0.347. The highest BCUT2D eigenvalue weighted by Crippen LogP contribution is 2.28. The van der Waals surface area contributed by atoms with E-state index in [0.29, 0.717) is 31.0 Å². The van der Waals surface area contributed by atoms with Crippen LogP contribution >= 0.6 is 0 Å². The van der Waals surface area contributed by atoms with Crippen LogP contribution < -0.4 is 14.8 Å². The molecule has 0 radical (unpaired) electrons. The molecule has 1 amide bonds. The first-order valence-electron chi connectivity index (χ1n) is 9.65. The Kier molecular flexibility index (Phi) is 7.12. The van der Waals surface area contributed by atoms with E-state index >= 15 is 0 Å². The number of carbonyl (C=O) groups excluding carboxylic acids is 1. The Morgan fingerprint density at radius 3 is 2.57 bits per heavy atom. The fourth-order valence-electron chi connectivity index (χ4n) is 3.33. The molecule has 0 fully saturated rings. The molecule has 160 valence electrons.